The number of morpholine rings is 1. The molecule has 0 unspecified atom stereocenters. The topological polar surface area (TPSA) is 32.8 Å². The Balaban J connectivity index is 1.81. The summed E-state index contributed by atoms with van der Waals surface area (Å²) in [7, 11) is 1.86. The Morgan fingerprint density at radius 2 is 2.40 bits per heavy atom. The van der Waals surface area contributed by atoms with Gasteiger partial charge in [0.05, 0.1) is 19.1 Å². The lowest BCUT2D eigenvalue weighted by molar-refractivity contribution is -0.135. The van der Waals surface area contributed by atoms with Gasteiger partial charge in [-0.15, -0.1) is 0 Å². The van der Waals surface area contributed by atoms with Gasteiger partial charge in [0.1, 0.15) is 0 Å². The van der Waals surface area contributed by atoms with Gasteiger partial charge in [-0.25, -0.2) is 0 Å². The van der Waals surface area contributed by atoms with Crippen molar-refractivity contribution in [1.82, 2.24) is 9.80 Å². The van der Waals surface area contributed by atoms with Gasteiger partial charge in [0.25, 0.3) is 0 Å². The minimum Gasteiger partial charge on any atom is -0.375 e. The van der Waals surface area contributed by atoms with Crippen LogP contribution in [-0.4, -0.2) is 54.6 Å². The molecule has 4 nitrogen and oxygen atoms in total. The van der Waals surface area contributed by atoms with Gasteiger partial charge in [-0.2, -0.15) is 11.3 Å². The largest absolute Gasteiger partial charge is 0.375 e. The molecule has 1 aromatic heterocycles. The molecule has 0 aromatic carbocycles. The molecule has 1 aliphatic heterocycles. The minimum atomic E-state index is 0.0311. The van der Waals surface area contributed by atoms with E-state index in [1.165, 1.54) is 5.56 Å². The molecule has 0 bridgehead atoms. The van der Waals surface area contributed by atoms with Gasteiger partial charge in [0.15, 0.2) is 0 Å². The van der Waals surface area contributed by atoms with E-state index in [1.807, 2.05) is 12.4 Å². The van der Waals surface area contributed by atoms with E-state index >= 15 is 0 Å². The first-order valence-corrected chi connectivity index (χ1v) is 8.11. The molecule has 0 radical (unpaired) electrons. The molecule has 1 aliphatic rings. The van der Waals surface area contributed by atoms with Gasteiger partial charge in [0.2, 0.25) is 5.91 Å². The van der Waals surface area contributed by atoms with Crippen molar-refractivity contribution >= 4 is 17.2 Å². The lowest BCUT2D eigenvalue weighted by Gasteiger charge is -2.35. The summed E-state index contributed by atoms with van der Waals surface area (Å²) in [4.78, 5) is 16.4. The van der Waals surface area contributed by atoms with E-state index in [1.54, 1.807) is 16.2 Å². The van der Waals surface area contributed by atoms with Crippen molar-refractivity contribution < 1.29 is 9.53 Å². The Bertz CT molecular complexity index is 420. The second-order valence-corrected chi connectivity index (χ2v) is 6.45. The first kappa shape index (κ1) is 15.5. The third-order valence-electron chi connectivity index (χ3n) is 3.73. The average Bonchev–Trinajstić information content (AvgIpc) is 2.91. The Morgan fingerprint density at radius 1 is 1.60 bits per heavy atom. The van der Waals surface area contributed by atoms with Crippen molar-refractivity contribution in [3.8, 4) is 0 Å². The lowest BCUT2D eigenvalue weighted by atomic mass is 10.1. The van der Waals surface area contributed by atoms with Crippen LogP contribution in [0.3, 0.4) is 0 Å². The predicted octanol–water partition coefficient (Wildman–Crippen LogP) is 2.21. The number of carbonyl (C=O) groups excluding carboxylic acids is 1. The Kier molecular flexibility index (Phi) is 5.57. The Morgan fingerprint density at radius 3 is 3.05 bits per heavy atom. The van der Waals surface area contributed by atoms with Crippen molar-refractivity contribution in [2.75, 3.05) is 26.7 Å². The minimum absolute atomic E-state index is 0.0311. The fourth-order valence-electron chi connectivity index (χ4n) is 2.43. The summed E-state index contributed by atoms with van der Waals surface area (Å²) in [5.41, 5.74) is 1.19. The molecular weight excluding hydrogens is 272 g/mol. The van der Waals surface area contributed by atoms with Crippen LogP contribution in [0, 0.1) is 0 Å². The number of hydrogen-bond acceptors (Lipinski definition) is 4. The highest BCUT2D eigenvalue weighted by molar-refractivity contribution is 7.07. The molecule has 1 amide bonds. The molecule has 5 heteroatoms. The third kappa shape index (κ3) is 4.30. The Hall–Kier alpha value is -0.910. The van der Waals surface area contributed by atoms with Crippen molar-refractivity contribution in [1.29, 1.82) is 0 Å². The second kappa shape index (κ2) is 7.20. The van der Waals surface area contributed by atoms with Crippen LogP contribution in [0.1, 0.15) is 25.8 Å². The van der Waals surface area contributed by atoms with Crippen LogP contribution in [0.15, 0.2) is 16.8 Å². The average molecular weight is 296 g/mol. The molecule has 1 saturated heterocycles. The molecule has 112 valence electrons. The molecule has 0 spiro atoms. The summed E-state index contributed by atoms with van der Waals surface area (Å²) in [6, 6.07) is 2.58. The van der Waals surface area contributed by atoms with E-state index in [-0.39, 0.29) is 12.0 Å². The smallest absolute Gasteiger partial charge is 0.225 e. The van der Waals surface area contributed by atoms with E-state index in [2.05, 4.69) is 30.2 Å². The van der Waals surface area contributed by atoms with E-state index in [4.69, 9.17) is 4.74 Å². The number of carbonyl (C=O) groups is 1. The van der Waals surface area contributed by atoms with Crippen molar-refractivity contribution in [3.63, 3.8) is 0 Å². The van der Waals surface area contributed by atoms with Crippen molar-refractivity contribution in [3.05, 3.63) is 22.4 Å². The van der Waals surface area contributed by atoms with Crippen LogP contribution in [-0.2, 0) is 16.1 Å². The van der Waals surface area contributed by atoms with Crippen LogP contribution in [0.2, 0.25) is 0 Å². The highest BCUT2D eigenvalue weighted by Gasteiger charge is 2.25. The SMILES string of the molecule is CC(C)N1CCO[C@@H](CC(=O)N(C)Cc2ccsc2)C1. The summed E-state index contributed by atoms with van der Waals surface area (Å²) in [5.74, 6) is 0.159. The maximum atomic E-state index is 12.2. The maximum absolute atomic E-state index is 12.2. The summed E-state index contributed by atoms with van der Waals surface area (Å²) in [6.45, 7) is 7.61. The summed E-state index contributed by atoms with van der Waals surface area (Å²) < 4.78 is 5.73. The monoisotopic (exact) mass is 296 g/mol. The quantitative estimate of drug-likeness (QED) is 0.835. The van der Waals surface area contributed by atoms with Crippen LogP contribution in [0.5, 0.6) is 0 Å². The van der Waals surface area contributed by atoms with Gasteiger partial charge in [-0.1, -0.05) is 0 Å². The van der Waals surface area contributed by atoms with Crippen LogP contribution in [0.4, 0.5) is 0 Å². The maximum Gasteiger partial charge on any atom is 0.225 e. The van der Waals surface area contributed by atoms with E-state index in [0.29, 0.717) is 19.0 Å². The number of nitrogens with zero attached hydrogens (tertiary/aromatic N) is 2. The van der Waals surface area contributed by atoms with Crippen LogP contribution in [0.25, 0.3) is 0 Å². The second-order valence-electron chi connectivity index (χ2n) is 5.67. The van der Waals surface area contributed by atoms with E-state index < -0.39 is 0 Å². The fourth-order valence-corrected chi connectivity index (χ4v) is 3.09. The zero-order valence-corrected chi connectivity index (χ0v) is 13.4. The molecule has 1 aromatic rings. The normalized spacial score (nSPS) is 20.3. The third-order valence-corrected chi connectivity index (χ3v) is 4.46. The number of thiophene rings is 1. The molecule has 1 atom stereocenters. The summed E-state index contributed by atoms with van der Waals surface area (Å²) in [5, 5.41) is 4.12. The fraction of sp³-hybridized carbons (Fsp3) is 0.667. The van der Waals surface area contributed by atoms with Crippen LogP contribution < -0.4 is 0 Å². The highest BCUT2D eigenvalue weighted by Crippen LogP contribution is 2.14. The molecule has 20 heavy (non-hydrogen) atoms. The van der Waals surface area contributed by atoms with Crippen molar-refractivity contribution in [2.24, 2.45) is 0 Å². The van der Waals surface area contributed by atoms with Crippen LogP contribution >= 0.6 is 11.3 Å². The molecule has 2 rings (SSSR count). The number of rotatable bonds is 5. The molecule has 2 heterocycles. The molecular formula is C15H24N2O2S. The zero-order valence-electron chi connectivity index (χ0n) is 12.5. The Labute approximate surface area is 125 Å². The highest BCUT2D eigenvalue weighted by atomic mass is 32.1. The molecule has 0 saturated carbocycles. The van der Waals surface area contributed by atoms with Gasteiger partial charge >= 0.3 is 0 Å². The van der Waals surface area contributed by atoms with Gasteiger partial charge in [-0.05, 0) is 36.2 Å². The van der Waals surface area contributed by atoms with E-state index in [9.17, 15) is 4.79 Å². The molecule has 0 N–H and O–H groups in total. The van der Waals surface area contributed by atoms with Gasteiger partial charge < -0.3 is 9.64 Å². The predicted molar refractivity (Wildman–Crippen MR) is 81.9 cm³/mol. The lowest BCUT2D eigenvalue weighted by Crippen LogP contribution is -2.47. The number of amides is 1. The van der Waals surface area contributed by atoms with Crippen molar-refractivity contribution in [2.45, 2.75) is 39.0 Å². The number of hydrogen-bond donors (Lipinski definition) is 0. The number of ether oxygens (including phenoxy) is 1. The molecule has 1 fully saturated rings. The summed E-state index contributed by atoms with van der Waals surface area (Å²) >= 11 is 1.66. The first-order chi connectivity index (χ1) is 9.56. The molecule has 0 aliphatic carbocycles. The van der Waals surface area contributed by atoms with E-state index in [0.717, 1.165) is 19.7 Å². The van der Waals surface area contributed by atoms with Gasteiger partial charge in [0, 0.05) is 32.7 Å². The summed E-state index contributed by atoms with van der Waals surface area (Å²) in [6.07, 6.45) is 0.507. The zero-order chi connectivity index (χ0) is 14.5. The first-order valence-electron chi connectivity index (χ1n) is 7.17. The standard InChI is InChI=1S/C15H24N2O2S/c1-12(2)17-5-6-19-14(10-17)8-15(18)16(3)9-13-4-7-20-11-13/h4,7,11-12,14H,5-6,8-10H2,1-3H3/t14-/m0/s1. The van der Waals surface area contributed by atoms with Gasteiger partial charge in [-0.3, -0.25) is 9.69 Å².